The minimum atomic E-state index is 0.804. The first-order valence-corrected chi connectivity index (χ1v) is 5.85. The zero-order chi connectivity index (χ0) is 11.7. The molecule has 0 N–H and O–H groups in total. The number of ether oxygens (including phenoxy) is 1. The van der Waals surface area contributed by atoms with E-state index in [-0.39, 0.29) is 0 Å². The van der Waals surface area contributed by atoms with Crippen molar-refractivity contribution >= 4 is 11.0 Å². The third-order valence-electron chi connectivity index (χ3n) is 2.93. The lowest BCUT2D eigenvalue weighted by molar-refractivity contribution is 0.357. The zero-order valence-corrected chi connectivity index (χ0v) is 10.4. The van der Waals surface area contributed by atoms with E-state index in [1.807, 2.05) is 32.9 Å². The highest BCUT2D eigenvalue weighted by Crippen LogP contribution is 2.32. The number of hydrogen-bond donors (Lipinski definition) is 0. The Balaban J connectivity index is 0.000000457. The van der Waals surface area contributed by atoms with Gasteiger partial charge in [0, 0.05) is 19.0 Å². The smallest absolute Gasteiger partial charge is 0.124 e. The van der Waals surface area contributed by atoms with Crippen LogP contribution in [0.15, 0.2) is 12.1 Å². The molecule has 3 rings (SSSR count). The molecule has 3 nitrogen and oxygen atoms in total. The monoisotopic (exact) mass is 218 g/mol. The van der Waals surface area contributed by atoms with Crippen molar-refractivity contribution in [1.29, 1.82) is 0 Å². The zero-order valence-electron chi connectivity index (χ0n) is 10.4. The lowest BCUT2D eigenvalue weighted by atomic mass is 10.1. The molecule has 0 spiro atoms. The maximum atomic E-state index is 5.53. The van der Waals surface area contributed by atoms with Gasteiger partial charge >= 0.3 is 0 Å². The van der Waals surface area contributed by atoms with Crippen molar-refractivity contribution in [1.82, 2.24) is 9.55 Å². The Labute approximate surface area is 96.1 Å². The lowest BCUT2D eigenvalue weighted by Crippen LogP contribution is -1.93. The van der Waals surface area contributed by atoms with Crippen molar-refractivity contribution in [2.75, 3.05) is 6.61 Å². The van der Waals surface area contributed by atoms with E-state index in [1.54, 1.807) is 0 Å². The number of imidazole rings is 1. The predicted octanol–water partition coefficient (Wildman–Crippen LogP) is 2.84. The number of fused-ring (bicyclic) bond motifs is 3. The van der Waals surface area contributed by atoms with Crippen LogP contribution in [-0.4, -0.2) is 16.2 Å². The molecule has 3 heteroatoms. The summed E-state index contributed by atoms with van der Waals surface area (Å²) in [6, 6.07) is 4.06. The molecule has 1 aromatic heterocycles. The molecular weight excluding hydrogens is 200 g/mol. The molecule has 2 aromatic rings. The van der Waals surface area contributed by atoms with Gasteiger partial charge in [-0.15, -0.1) is 0 Å². The molecule has 0 unspecified atom stereocenters. The van der Waals surface area contributed by atoms with Gasteiger partial charge in [0.2, 0.25) is 0 Å². The largest absolute Gasteiger partial charge is 0.493 e. The molecule has 0 saturated carbocycles. The van der Waals surface area contributed by atoms with Crippen LogP contribution >= 0.6 is 0 Å². The van der Waals surface area contributed by atoms with Gasteiger partial charge in [-0.2, -0.15) is 0 Å². The summed E-state index contributed by atoms with van der Waals surface area (Å²) >= 11 is 0. The van der Waals surface area contributed by atoms with Gasteiger partial charge in [0.05, 0.1) is 17.6 Å². The van der Waals surface area contributed by atoms with Crippen molar-refractivity contribution in [3.05, 3.63) is 23.5 Å². The van der Waals surface area contributed by atoms with Gasteiger partial charge in [-0.25, -0.2) is 4.98 Å². The van der Waals surface area contributed by atoms with E-state index in [4.69, 9.17) is 4.74 Å². The van der Waals surface area contributed by atoms with Crippen LogP contribution in [-0.2, 0) is 13.5 Å². The third kappa shape index (κ3) is 1.47. The second-order valence-corrected chi connectivity index (χ2v) is 3.73. The summed E-state index contributed by atoms with van der Waals surface area (Å²) in [5.41, 5.74) is 3.62. The van der Waals surface area contributed by atoms with Crippen molar-refractivity contribution in [2.45, 2.75) is 27.2 Å². The summed E-state index contributed by atoms with van der Waals surface area (Å²) in [6.07, 6.45) is 1.01. The Morgan fingerprint density at radius 3 is 2.81 bits per heavy atom. The van der Waals surface area contributed by atoms with Gasteiger partial charge in [0.15, 0.2) is 0 Å². The Bertz CT molecular complexity index is 514. The standard InChI is InChI=1S/C11H12N2O.C2H6/c1-7-12-9-3-4-10-8(5-6-14-10)11(9)13(7)2;1-2/h3-4H,5-6H2,1-2H3;1-2H3. The summed E-state index contributed by atoms with van der Waals surface area (Å²) in [5, 5.41) is 0. The quantitative estimate of drug-likeness (QED) is 0.680. The van der Waals surface area contributed by atoms with Crippen LogP contribution in [0.4, 0.5) is 0 Å². The molecule has 2 heterocycles. The summed E-state index contributed by atoms with van der Waals surface area (Å²) in [5.74, 6) is 2.08. The second kappa shape index (κ2) is 4.16. The summed E-state index contributed by atoms with van der Waals surface area (Å²) in [6.45, 7) is 6.83. The van der Waals surface area contributed by atoms with E-state index in [0.29, 0.717) is 0 Å². The number of aromatic nitrogens is 2. The Hall–Kier alpha value is -1.51. The highest BCUT2D eigenvalue weighted by atomic mass is 16.5. The maximum absolute atomic E-state index is 5.53. The van der Waals surface area contributed by atoms with Crippen molar-refractivity contribution < 1.29 is 4.74 Å². The molecule has 0 aliphatic carbocycles. The highest BCUT2D eigenvalue weighted by Gasteiger charge is 2.18. The topological polar surface area (TPSA) is 27.1 Å². The molecule has 0 saturated heterocycles. The van der Waals surface area contributed by atoms with E-state index in [2.05, 4.69) is 16.6 Å². The molecule has 0 amide bonds. The van der Waals surface area contributed by atoms with Crippen molar-refractivity contribution in [2.24, 2.45) is 7.05 Å². The van der Waals surface area contributed by atoms with Crippen molar-refractivity contribution in [3.8, 4) is 5.75 Å². The average Bonchev–Trinajstić information content (AvgIpc) is 2.87. The van der Waals surface area contributed by atoms with Crippen molar-refractivity contribution in [3.63, 3.8) is 0 Å². The minimum absolute atomic E-state index is 0.804. The van der Waals surface area contributed by atoms with Gasteiger partial charge in [-0.05, 0) is 19.1 Å². The highest BCUT2D eigenvalue weighted by molar-refractivity contribution is 5.82. The maximum Gasteiger partial charge on any atom is 0.124 e. The van der Waals surface area contributed by atoms with Crippen LogP contribution in [0.1, 0.15) is 25.2 Å². The Morgan fingerprint density at radius 1 is 1.31 bits per heavy atom. The van der Waals surface area contributed by atoms with Gasteiger partial charge in [0.25, 0.3) is 0 Å². The summed E-state index contributed by atoms with van der Waals surface area (Å²) < 4.78 is 7.67. The lowest BCUT2D eigenvalue weighted by Gasteiger charge is -2.01. The minimum Gasteiger partial charge on any atom is -0.493 e. The summed E-state index contributed by atoms with van der Waals surface area (Å²) in [4.78, 5) is 4.50. The van der Waals surface area contributed by atoms with Gasteiger partial charge < -0.3 is 9.30 Å². The molecule has 1 aliphatic heterocycles. The van der Waals surface area contributed by atoms with Crippen LogP contribution in [0.5, 0.6) is 5.75 Å². The van der Waals surface area contributed by atoms with Crippen LogP contribution in [0.3, 0.4) is 0 Å². The molecule has 86 valence electrons. The van der Waals surface area contributed by atoms with Crippen LogP contribution in [0.2, 0.25) is 0 Å². The number of benzene rings is 1. The number of nitrogens with zero attached hydrogens (tertiary/aromatic N) is 2. The molecule has 0 fully saturated rings. The first-order valence-electron chi connectivity index (χ1n) is 5.85. The molecule has 1 aliphatic rings. The van der Waals surface area contributed by atoms with E-state index in [1.165, 1.54) is 11.1 Å². The van der Waals surface area contributed by atoms with Crippen LogP contribution in [0, 0.1) is 6.92 Å². The fourth-order valence-electron chi connectivity index (χ4n) is 2.12. The normalized spacial score (nSPS) is 13.0. The number of aryl methyl sites for hydroxylation is 2. The predicted molar refractivity (Wildman–Crippen MR) is 66.0 cm³/mol. The first kappa shape index (κ1) is 11.0. The van der Waals surface area contributed by atoms with Crippen LogP contribution < -0.4 is 4.74 Å². The second-order valence-electron chi connectivity index (χ2n) is 3.73. The SMILES string of the molecule is CC.Cc1nc2ccc3c(c2n1C)CCO3. The van der Waals surface area contributed by atoms with E-state index in [0.717, 1.165) is 30.1 Å². The number of rotatable bonds is 0. The van der Waals surface area contributed by atoms with Gasteiger partial charge in [-0.1, -0.05) is 13.8 Å². The first-order chi connectivity index (χ1) is 7.77. The summed E-state index contributed by atoms with van der Waals surface area (Å²) in [7, 11) is 2.06. The molecule has 16 heavy (non-hydrogen) atoms. The van der Waals surface area contributed by atoms with E-state index < -0.39 is 0 Å². The molecule has 0 bridgehead atoms. The molecule has 1 aromatic carbocycles. The molecular formula is C13H18N2O. The van der Waals surface area contributed by atoms with Gasteiger partial charge in [-0.3, -0.25) is 0 Å². The molecule has 0 radical (unpaired) electrons. The third-order valence-corrected chi connectivity index (χ3v) is 2.93. The van der Waals surface area contributed by atoms with E-state index >= 15 is 0 Å². The Morgan fingerprint density at radius 2 is 2.06 bits per heavy atom. The van der Waals surface area contributed by atoms with E-state index in [9.17, 15) is 0 Å². The molecule has 0 atom stereocenters. The average molecular weight is 218 g/mol. The Kier molecular flexibility index (Phi) is 2.86. The number of hydrogen-bond acceptors (Lipinski definition) is 2. The fourth-order valence-corrected chi connectivity index (χ4v) is 2.12. The fraction of sp³-hybridized carbons (Fsp3) is 0.462. The van der Waals surface area contributed by atoms with Crippen LogP contribution in [0.25, 0.3) is 11.0 Å². The van der Waals surface area contributed by atoms with Gasteiger partial charge in [0.1, 0.15) is 11.6 Å².